The molecule has 0 saturated heterocycles. The van der Waals surface area contributed by atoms with Crippen LogP contribution in [0.25, 0.3) is 34.2 Å². The molecular weight excluding hydrogens is 382 g/mol. The van der Waals surface area contributed by atoms with E-state index in [9.17, 15) is 5.26 Å². The summed E-state index contributed by atoms with van der Waals surface area (Å²) in [4.78, 5) is 0. The average Bonchev–Trinajstić information content (AvgIpc) is 3.41. The number of ether oxygens (including phenoxy) is 2. The maximum atomic E-state index is 9.49. The summed E-state index contributed by atoms with van der Waals surface area (Å²) in [5.41, 5.74) is 5.50. The zero-order valence-electron chi connectivity index (χ0n) is 16.6. The number of hydrogen-bond acceptors (Lipinski definition) is 6. The Hall–Kier alpha value is -3.90. The van der Waals surface area contributed by atoms with Gasteiger partial charge in [0, 0.05) is 25.0 Å². The number of benzene rings is 1. The second kappa shape index (κ2) is 7.17. The second-order valence-corrected chi connectivity index (χ2v) is 7.03. The molecule has 2 bridgehead atoms. The molecule has 0 spiro atoms. The van der Waals surface area contributed by atoms with Gasteiger partial charge < -0.3 is 9.47 Å². The minimum absolute atomic E-state index is 0.318. The van der Waals surface area contributed by atoms with Gasteiger partial charge in [-0.25, -0.2) is 4.68 Å². The van der Waals surface area contributed by atoms with E-state index in [1.165, 1.54) is 0 Å². The van der Waals surface area contributed by atoms with E-state index in [4.69, 9.17) is 9.47 Å². The number of fused-ring (bicyclic) bond motifs is 4. The number of aromatic nitrogens is 6. The van der Waals surface area contributed by atoms with E-state index in [0.717, 1.165) is 39.0 Å². The number of nitrogens with zero attached hydrogens (tertiary/aromatic N) is 6. The molecule has 0 unspecified atom stereocenters. The first-order valence-corrected chi connectivity index (χ1v) is 9.51. The zero-order chi connectivity index (χ0) is 20.7. The predicted molar refractivity (Wildman–Crippen MR) is 110 cm³/mol. The number of H-pyrrole nitrogens is 1. The predicted octanol–water partition coefficient (Wildman–Crippen LogP) is 2.65. The third-order valence-corrected chi connectivity index (χ3v) is 5.21. The normalized spacial score (nSPS) is 15.0. The van der Waals surface area contributed by atoms with Crippen LogP contribution < -0.4 is 4.74 Å². The molecule has 0 saturated carbocycles. The quantitative estimate of drug-likeness (QED) is 0.485. The highest BCUT2D eigenvalue weighted by Crippen LogP contribution is 2.32. The van der Waals surface area contributed by atoms with Gasteiger partial charge in [0.15, 0.2) is 5.69 Å². The monoisotopic (exact) mass is 401 g/mol. The SMILES string of the molecule is Cn1nc(C#N)c2c1COCCOc1c(cnn1C)-c1ccc3n[nH]c(c3c1)/C=C/2. The van der Waals surface area contributed by atoms with Crippen molar-refractivity contribution in [2.24, 2.45) is 14.1 Å². The maximum Gasteiger partial charge on any atom is 0.219 e. The number of nitrogens with one attached hydrogen (secondary N) is 1. The fourth-order valence-corrected chi connectivity index (χ4v) is 3.66. The van der Waals surface area contributed by atoms with Gasteiger partial charge in [-0.05, 0) is 29.8 Å². The average molecular weight is 401 g/mol. The van der Waals surface area contributed by atoms with Crippen molar-refractivity contribution in [2.45, 2.75) is 6.61 Å². The lowest BCUT2D eigenvalue weighted by atomic mass is 10.0. The van der Waals surface area contributed by atoms with Gasteiger partial charge in [-0.3, -0.25) is 9.78 Å². The van der Waals surface area contributed by atoms with Crippen molar-refractivity contribution < 1.29 is 9.47 Å². The Morgan fingerprint density at radius 1 is 1.17 bits per heavy atom. The molecule has 9 nitrogen and oxygen atoms in total. The maximum absolute atomic E-state index is 9.49. The van der Waals surface area contributed by atoms with Crippen LogP contribution in [0.15, 0.2) is 24.4 Å². The van der Waals surface area contributed by atoms with Crippen LogP contribution >= 0.6 is 0 Å². The molecule has 4 heterocycles. The molecule has 0 aliphatic carbocycles. The first kappa shape index (κ1) is 18.1. The lowest BCUT2D eigenvalue weighted by Crippen LogP contribution is -2.11. The van der Waals surface area contributed by atoms with Crippen LogP contribution in [0.4, 0.5) is 0 Å². The molecule has 0 amide bonds. The molecule has 0 fully saturated rings. The molecule has 9 heteroatoms. The third kappa shape index (κ3) is 2.94. The van der Waals surface area contributed by atoms with E-state index >= 15 is 0 Å². The van der Waals surface area contributed by atoms with Gasteiger partial charge in [0.1, 0.15) is 12.7 Å². The van der Waals surface area contributed by atoms with Crippen LogP contribution in [-0.2, 0) is 25.4 Å². The van der Waals surface area contributed by atoms with Gasteiger partial charge in [0.25, 0.3) is 0 Å². The minimum atomic E-state index is 0.318. The Labute approximate surface area is 172 Å². The van der Waals surface area contributed by atoms with Crippen molar-refractivity contribution in [3.8, 4) is 23.1 Å². The van der Waals surface area contributed by atoms with E-state index in [2.05, 4.69) is 32.5 Å². The molecular formula is C21H19N7O2. The van der Waals surface area contributed by atoms with Crippen molar-refractivity contribution in [3.63, 3.8) is 0 Å². The van der Waals surface area contributed by atoms with Crippen molar-refractivity contribution >= 4 is 23.1 Å². The van der Waals surface area contributed by atoms with Crippen LogP contribution in [0.3, 0.4) is 0 Å². The highest BCUT2D eigenvalue weighted by molar-refractivity contribution is 5.93. The second-order valence-electron chi connectivity index (χ2n) is 7.03. The molecule has 1 aliphatic rings. The summed E-state index contributed by atoms with van der Waals surface area (Å²) in [5, 5.41) is 26.6. The topological polar surface area (TPSA) is 107 Å². The summed E-state index contributed by atoms with van der Waals surface area (Å²) in [6.07, 6.45) is 5.60. The molecule has 0 atom stereocenters. The highest BCUT2D eigenvalue weighted by atomic mass is 16.5. The fraction of sp³-hybridized carbons (Fsp3) is 0.238. The van der Waals surface area contributed by atoms with Crippen LogP contribution in [0.2, 0.25) is 0 Å². The lowest BCUT2D eigenvalue weighted by molar-refractivity contribution is 0.0825. The summed E-state index contributed by atoms with van der Waals surface area (Å²) in [7, 11) is 3.66. The van der Waals surface area contributed by atoms with E-state index in [1.54, 1.807) is 22.6 Å². The number of aromatic amines is 1. The number of nitriles is 1. The molecule has 1 N–H and O–H groups in total. The van der Waals surface area contributed by atoms with Gasteiger partial charge in [-0.15, -0.1) is 0 Å². The molecule has 3 aromatic heterocycles. The Kier molecular flexibility index (Phi) is 4.34. The summed E-state index contributed by atoms with van der Waals surface area (Å²) in [6, 6.07) is 8.19. The van der Waals surface area contributed by atoms with Crippen molar-refractivity contribution in [1.29, 1.82) is 5.26 Å². The Bertz CT molecular complexity index is 1320. The Morgan fingerprint density at radius 2 is 2.07 bits per heavy atom. The summed E-state index contributed by atoms with van der Waals surface area (Å²) in [5.74, 6) is 0.682. The van der Waals surface area contributed by atoms with Crippen LogP contribution in [0.5, 0.6) is 5.88 Å². The van der Waals surface area contributed by atoms with Crippen LogP contribution in [-0.4, -0.2) is 43.0 Å². The first-order valence-electron chi connectivity index (χ1n) is 9.51. The third-order valence-electron chi connectivity index (χ3n) is 5.21. The minimum Gasteiger partial charge on any atom is -0.475 e. The summed E-state index contributed by atoms with van der Waals surface area (Å²) >= 11 is 0. The molecule has 5 rings (SSSR count). The Balaban J connectivity index is 1.68. The molecule has 1 aliphatic heterocycles. The van der Waals surface area contributed by atoms with Crippen LogP contribution in [0, 0.1) is 11.3 Å². The standard InChI is InChI=1S/C21H19N7O2/c1-27-20-12-29-7-8-30-21-16(11-23-28(21)2)13-3-5-17-15(9-13)18(25-24-17)6-4-14(20)19(10-22)26-27/h3-6,9,11H,7-8,12H2,1-2H3,(H,24,25)/b6-4+. The molecule has 0 radical (unpaired) electrons. The van der Waals surface area contributed by atoms with E-state index in [0.29, 0.717) is 31.4 Å². The van der Waals surface area contributed by atoms with Crippen molar-refractivity contribution in [3.05, 3.63) is 47.0 Å². The van der Waals surface area contributed by atoms with Crippen molar-refractivity contribution in [2.75, 3.05) is 13.2 Å². The van der Waals surface area contributed by atoms with E-state index < -0.39 is 0 Å². The van der Waals surface area contributed by atoms with Gasteiger partial charge in [-0.2, -0.15) is 20.6 Å². The zero-order valence-corrected chi connectivity index (χ0v) is 16.6. The molecule has 30 heavy (non-hydrogen) atoms. The lowest BCUT2D eigenvalue weighted by Gasteiger charge is -2.10. The van der Waals surface area contributed by atoms with Crippen LogP contribution in [0.1, 0.15) is 22.6 Å². The molecule has 150 valence electrons. The number of hydrogen-bond donors (Lipinski definition) is 1. The van der Waals surface area contributed by atoms with E-state index in [1.807, 2.05) is 31.3 Å². The molecule has 4 aromatic rings. The van der Waals surface area contributed by atoms with Gasteiger partial charge >= 0.3 is 0 Å². The van der Waals surface area contributed by atoms with E-state index in [-0.39, 0.29) is 0 Å². The highest BCUT2D eigenvalue weighted by Gasteiger charge is 2.17. The van der Waals surface area contributed by atoms with Gasteiger partial charge in [-0.1, -0.05) is 6.07 Å². The van der Waals surface area contributed by atoms with Crippen molar-refractivity contribution in [1.82, 2.24) is 29.8 Å². The van der Waals surface area contributed by atoms with Gasteiger partial charge in [0.2, 0.25) is 5.88 Å². The molecule has 1 aromatic carbocycles. The fourth-order valence-electron chi connectivity index (χ4n) is 3.66. The largest absolute Gasteiger partial charge is 0.475 e. The summed E-state index contributed by atoms with van der Waals surface area (Å²) < 4.78 is 15.2. The van der Waals surface area contributed by atoms with Gasteiger partial charge in [0.05, 0.1) is 41.9 Å². The Morgan fingerprint density at radius 3 is 2.93 bits per heavy atom. The summed E-state index contributed by atoms with van der Waals surface area (Å²) in [6.45, 7) is 1.08. The smallest absolute Gasteiger partial charge is 0.219 e. The number of aryl methyl sites for hydroxylation is 2. The number of rotatable bonds is 0. The first-order chi connectivity index (χ1) is 14.7.